The van der Waals surface area contributed by atoms with Crippen molar-refractivity contribution in [3.8, 4) is 10.6 Å². The van der Waals surface area contributed by atoms with Gasteiger partial charge in [0.25, 0.3) is 0 Å². The van der Waals surface area contributed by atoms with Gasteiger partial charge in [0.2, 0.25) is 0 Å². The summed E-state index contributed by atoms with van der Waals surface area (Å²) in [6.45, 7) is 2.47. The van der Waals surface area contributed by atoms with Gasteiger partial charge in [-0.1, -0.05) is 23.7 Å². The number of hydrogen-bond acceptors (Lipinski definition) is 4. The molecule has 0 atom stereocenters. The smallest absolute Gasteiger partial charge is 0.350 e. The lowest BCUT2D eigenvalue weighted by molar-refractivity contribution is -0.0847. The maximum Gasteiger partial charge on any atom is 0.350 e. The number of carbonyl (C=O) groups excluding carboxylic acids is 1. The maximum atomic E-state index is 12.8. The molecule has 0 saturated heterocycles. The van der Waals surface area contributed by atoms with Crippen molar-refractivity contribution < 1.29 is 9.53 Å². The Kier molecular flexibility index (Phi) is 4.32. The van der Waals surface area contributed by atoms with E-state index in [9.17, 15) is 4.79 Å². The Morgan fingerprint density at radius 2 is 1.74 bits per heavy atom. The van der Waals surface area contributed by atoms with Gasteiger partial charge in [0, 0.05) is 16.0 Å². The van der Waals surface area contributed by atoms with Crippen LogP contribution >= 0.6 is 22.9 Å². The Labute approximate surface area is 169 Å². The SMILES string of the molecule is Cc1nc(-c2ccc(Cl)cc2)sc1C(=O)OCC12CC3CC(CC(C3)C1)C2. The average molecular weight is 402 g/mol. The molecule has 27 heavy (non-hydrogen) atoms. The average Bonchev–Trinajstić information content (AvgIpc) is 3.01. The molecule has 1 heterocycles. The minimum Gasteiger partial charge on any atom is -0.461 e. The molecule has 3 nitrogen and oxygen atoms in total. The fourth-order valence-electron chi connectivity index (χ4n) is 6.05. The van der Waals surface area contributed by atoms with Crippen LogP contribution in [0, 0.1) is 30.1 Å². The van der Waals surface area contributed by atoms with Crippen molar-refractivity contribution in [3.63, 3.8) is 0 Å². The quantitative estimate of drug-likeness (QED) is 0.577. The van der Waals surface area contributed by atoms with Crippen molar-refractivity contribution in [2.75, 3.05) is 6.61 Å². The lowest BCUT2D eigenvalue weighted by Gasteiger charge is -2.56. The van der Waals surface area contributed by atoms with Gasteiger partial charge in [-0.3, -0.25) is 0 Å². The van der Waals surface area contributed by atoms with E-state index in [4.69, 9.17) is 16.3 Å². The van der Waals surface area contributed by atoms with Gasteiger partial charge in [-0.2, -0.15) is 0 Å². The van der Waals surface area contributed by atoms with Crippen LogP contribution in [-0.4, -0.2) is 17.6 Å². The second kappa shape index (κ2) is 6.59. The van der Waals surface area contributed by atoms with E-state index in [0.29, 0.717) is 16.5 Å². The van der Waals surface area contributed by atoms with E-state index < -0.39 is 0 Å². The Morgan fingerprint density at radius 3 is 2.33 bits per heavy atom. The van der Waals surface area contributed by atoms with Gasteiger partial charge in [0.05, 0.1) is 12.3 Å². The molecule has 0 N–H and O–H groups in total. The fraction of sp³-hybridized carbons (Fsp3) is 0.545. The first-order valence-corrected chi connectivity index (χ1v) is 11.1. The molecule has 0 radical (unpaired) electrons. The van der Waals surface area contributed by atoms with Crippen LogP contribution < -0.4 is 0 Å². The second-order valence-electron chi connectivity index (χ2n) is 8.93. The summed E-state index contributed by atoms with van der Waals surface area (Å²) in [5.41, 5.74) is 1.98. The maximum absolute atomic E-state index is 12.8. The van der Waals surface area contributed by atoms with E-state index in [1.54, 1.807) is 0 Å². The van der Waals surface area contributed by atoms with Crippen molar-refractivity contribution in [2.45, 2.75) is 45.4 Å². The van der Waals surface area contributed by atoms with Crippen molar-refractivity contribution in [2.24, 2.45) is 23.2 Å². The highest BCUT2D eigenvalue weighted by Crippen LogP contribution is 2.60. The summed E-state index contributed by atoms with van der Waals surface area (Å²) in [5.74, 6) is 2.41. The topological polar surface area (TPSA) is 39.2 Å². The molecule has 0 amide bonds. The summed E-state index contributed by atoms with van der Waals surface area (Å²) >= 11 is 7.38. The molecular weight excluding hydrogens is 378 g/mol. The third-order valence-electron chi connectivity index (χ3n) is 6.75. The van der Waals surface area contributed by atoms with Crippen molar-refractivity contribution in [3.05, 3.63) is 39.9 Å². The third-order valence-corrected chi connectivity index (χ3v) is 8.19. The Morgan fingerprint density at radius 1 is 1.15 bits per heavy atom. The minimum atomic E-state index is -0.207. The van der Waals surface area contributed by atoms with Crippen LogP contribution in [0.25, 0.3) is 10.6 Å². The van der Waals surface area contributed by atoms with E-state index in [-0.39, 0.29) is 11.4 Å². The highest BCUT2D eigenvalue weighted by Gasteiger charge is 2.51. The van der Waals surface area contributed by atoms with Gasteiger partial charge < -0.3 is 4.74 Å². The zero-order valence-corrected chi connectivity index (χ0v) is 17.1. The Balaban J connectivity index is 1.30. The molecule has 1 aromatic heterocycles. The zero-order chi connectivity index (χ0) is 18.6. The first kappa shape index (κ1) is 17.7. The van der Waals surface area contributed by atoms with Crippen LogP contribution in [0.15, 0.2) is 24.3 Å². The van der Waals surface area contributed by atoms with E-state index in [2.05, 4.69) is 4.98 Å². The number of thiazole rings is 1. The number of ether oxygens (including phenoxy) is 1. The Hall–Kier alpha value is -1.39. The molecule has 4 aliphatic carbocycles. The molecule has 0 aliphatic heterocycles. The Bertz CT molecular complexity index is 838. The number of rotatable bonds is 4. The minimum absolute atomic E-state index is 0.207. The standard InChI is InChI=1S/C22H24ClNO2S/c1-13-19(27-20(24-13)17-2-4-18(23)5-3-17)21(25)26-12-22-9-14-6-15(10-22)8-16(7-14)11-22/h2-5,14-16H,6-12H2,1H3. The van der Waals surface area contributed by atoms with Crippen LogP contribution in [0.2, 0.25) is 5.02 Å². The molecule has 0 spiro atoms. The lowest BCUT2D eigenvalue weighted by atomic mass is 9.50. The molecule has 1 aromatic carbocycles. The molecular formula is C22H24ClNO2S. The van der Waals surface area contributed by atoms with Crippen molar-refractivity contribution in [1.82, 2.24) is 4.98 Å². The van der Waals surface area contributed by atoms with E-state index >= 15 is 0 Å². The number of aryl methyl sites for hydroxylation is 1. The van der Waals surface area contributed by atoms with Gasteiger partial charge in [-0.05, 0) is 75.3 Å². The first-order chi connectivity index (χ1) is 13.0. The highest BCUT2D eigenvalue weighted by molar-refractivity contribution is 7.17. The molecule has 4 aliphatic rings. The number of nitrogens with zero attached hydrogens (tertiary/aromatic N) is 1. The largest absolute Gasteiger partial charge is 0.461 e. The molecule has 142 valence electrons. The number of hydrogen-bond donors (Lipinski definition) is 0. The number of esters is 1. The molecule has 4 fully saturated rings. The van der Waals surface area contributed by atoms with Gasteiger partial charge in [-0.25, -0.2) is 9.78 Å². The highest BCUT2D eigenvalue weighted by atomic mass is 35.5. The van der Waals surface area contributed by atoms with Crippen LogP contribution in [0.1, 0.15) is 53.9 Å². The second-order valence-corrected chi connectivity index (χ2v) is 10.4. The summed E-state index contributed by atoms with van der Waals surface area (Å²) in [6.07, 6.45) is 7.99. The zero-order valence-electron chi connectivity index (χ0n) is 15.5. The van der Waals surface area contributed by atoms with Crippen LogP contribution in [0.5, 0.6) is 0 Å². The van der Waals surface area contributed by atoms with E-state index in [0.717, 1.165) is 34.0 Å². The summed E-state index contributed by atoms with van der Waals surface area (Å²) in [5, 5.41) is 1.54. The van der Waals surface area contributed by atoms with Gasteiger partial charge >= 0.3 is 5.97 Å². The predicted molar refractivity (Wildman–Crippen MR) is 108 cm³/mol. The number of aromatic nitrogens is 1. The molecule has 6 rings (SSSR count). The normalized spacial score (nSPS) is 31.3. The first-order valence-electron chi connectivity index (χ1n) is 9.90. The molecule has 0 unspecified atom stereocenters. The molecule has 4 saturated carbocycles. The fourth-order valence-corrected chi connectivity index (χ4v) is 7.14. The predicted octanol–water partition coefficient (Wildman–Crippen LogP) is 6.15. The van der Waals surface area contributed by atoms with Gasteiger partial charge in [0.1, 0.15) is 9.88 Å². The summed E-state index contributed by atoms with van der Waals surface area (Å²) in [4.78, 5) is 18.0. The van der Waals surface area contributed by atoms with Crippen molar-refractivity contribution >= 4 is 28.9 Å². The van der Waals surface area contributed by atoms with Crippen LogP contribution in [-0.2, 0) is 4.74 Å². The number of benzene rings is 1. The number of halogens is 1. The van der Waals surface area contributed by atoms with Crippen molar-refractivity contribution in [1.29, 1.82) is 0 Å². The third kappa shape index (κ3) is 3.31. The molecule has 5 heteroatoms. The summed E-state index contributed by atoms with van der Waals surface area (Å²) in [6, 6.07) is 7.56. The molecule has 4 bridgehead atoms. The van der Waals surface area contributed by atoms with Crippen LogP contribution in [0.3, 0.4) is 0 Å². The molecule has 2 aromatic rings. The van der Waals surface area contributed by atoms with E-state index in [1.165, 1.54) is 49.9 Å². The summed E-state index contributed by atoms with van der Waals surface area (Å²) < 4.78 is 5.87. The van der Waals surface area contributed by atoms with Gasteiger partial charge in [0.15, 0.2) is 0 Å². The monoisotopic (exact) mass is 401 g/mol. The van der Waals surface area contributed by atoms with Gasteiger partial charge in [-0.15, -0.1) is 11.3 Å². The summed E-state index contributed by atoms with van der Waals surface area (Å²) in [7, 11) is 0. The van der Waals surface area contributed by atoms with Crippen LogP contribution in [0.4, 0.5) is 0 Å². The van der Waals surface area contributed by atoms with E-state index in [1.807, 2.05) is 31.2 Å². The number of carbonyl (C=O) groups is 1. The lowest BCUT2D eigenvalue weighted by Crippen LogP contribution is -2.48.